The summed E-state index contributed by atoms with van der Waals surface area (Å²) in [6.45, 7) is 2.66. The van der Waals surface area contributed by atoms with Crippen LogP contribution in [0.3, 0.4) is 0 Å². The highest BCUT2D eigenvalue weighted by Gasteiger charge is 2.27. The van der Waals surface area contributed by atoms with Gasteiger partial charge >= 0.3 is 12.0 Å². The number of pyridine rings is 1. The summed E-state index contributed by atoms with van der Waals surface area (Å²) >= 11 is 6.33. The van der Waals surface area contributed by atoms with Gasteiger partial charge in [0, 0.05) is 16.3 Å². The van der Waals surface area contributed by atoms with Gasteiger partial charge in [0.15, 0.2) is 5.69 Å². The number of aromatic hydroxyl groups is 1. The first-order valence-corrected chi connectivity index (χ1v) is 12.9. The molecule has 1 aliphatic carbocycles. The maximum absolute atomic E-state index is 13.5. The normalized spacial score (nSPS) is 13.0. The first kappa shape index (κ1) is 27.1. The van der Waals surface area contributed by atoms with Crippen molar-refractivity contribution in [2.45, 2.75) is 51.6 Å². The summed E-state index contributed by atoms with van der Waals surface area (Å²) < 4.78 is 7.16. The van der Waals surface area contributed by atoms with Crippen molar-refractivity contribution in [3.8, 4) is 11.5 Å². The molecule has 200 valence electrons. The van der Waals surface area contributed by atoms with Crippen LogP contribution in [-0.4, -0.2) is 33.4 Å². The SMILES string of the molecule is CCCOc1cccc([C@H](CC(=O)O)NC(=O)Nc2c(O)c3c(n(Cc4ccccc4Cl)c2=O)CCC3)c1. The summed E-state index contributed by atoms with van der Waals surface area (Å²) in [6.07, 6.45) is 2.36. The van der Waals surface area contributed by atoms with Gasteiger partial charge in [-0.3, -0.25) is 9.59 Å². The van der Waals surface area contributed by atoms with E-state index in [1.165, 1.54) is 4.57 Å². The third-order valence-corrected chi connectivity index (χ3v) is 6.81. The van der Waals surface area contributed by atoms with Crippen LogP contribution in [0.1, 0.15) is 54.6 Å². The Hall–Kier alpha value is -3.98. The average molecular weight is 540 g/mol. The molecule has 1 heterocycles. The molecule has 1 aromatic heterocycles. The number of carboxylic acids is 1. The van der Waals surface area contributed by atoms with Gasteiger partial charge in [-0.2, -0.15) is 0 Å². The van der Waals surface area contributed by atoms with E-state index in [0.29, 0.717) is 47.0 Å². The number of ether oxygens (including phenoxy) is 1. The van der Waals surface area contributed by atoms with Crippen LogP contribution in [0.5, 0.6) is 11.5 Å². The number of aromatic nitrogens is 1. The highest BCUT2D eigenvalue weighted by molar-refractivity contribution is 6.31. The van der Waals surface area contributed by atoms with Crippen molar-refractivity contribution in [3.63, 3.8) is 0 Å². The Labute approximate surface area is 225 Å². The number of benzene rings is 2. The van der Waals surface area contributed by atoms with Gasteiger partial charge in [-0.1, -0.05) is 48.9 Å². The van der Waals surface area contributed by atoms with E-state index in [9.17, 15) is 24.6 Å². The smallest absolute Gasteiger partial charge is 0.319 e. The van der Waals surface area contributed by atoms with E-state index in [2.05, 4.69) is 10.6 Å². The van der Waals surface area contributed by atoms with Crippen LogP contribution in [0.2, 0.25) is 5.02 Å². The topological polar surface area (TPSA) is 130 Å². The summed E-state index contributed by atoms with van der Waals surface area (Å²) in [6, 6.07) is 12.3. The summed E-state index contributed by atoms with van der Waals surface area (Å²) in [5.41, 5.74) is 1.76. The minimum Gasteiger partial charge on any atom is -0.505 e. The van der Waals surface area contributed by atoms with Crippen LogP contribution >= 0.6 is 11.6 Å². The second-order valence-electron chi connectivity index (χ2n) is 9.15. The van der Waals surface area contributed by atoms with E-state index < -0.39 is 30.0 Å². The molecular weight excluding hydrogens is 510 g/mol. The lowest BCUT2D eigenvalue weighted by atomic mass is 10.0. The molecule has 0 fully saturated rings. The number of fused-ring (bicyclic) bond motifs is 1. The second kappa shape index (κ2) is 12.0. The zero-order chi connectivity index (χ0) is 27.2. The number of carbonyl (C=O) groups is 2. The minimum atomic E-state index is -1.11. The molecule has 1 atom stereocenters. The van der Waals surface area contributed by atoms with Gasteiger partial charge in [-0.15, -0.1) is 0 Å². The largest absolute Gasteiger partial charge is 0.505 e. The number of halogens is 1. The quantitative estimate of drug-likeness (QED) is 0.291. The number of nitrogens with one attached hydrogen (secondary N) is 2. The van der Waals surface area contributed by atoms with Crippen LogP contribution in [0.4, 0.5) is 10.5 Å². The minimum absolute atomic E-state index is 0.184. The number of urea groups is 1. The fraction of sp³-hybridized carbons (Fsp3) is 0.321. The number of carboxylic acid groups (broad SMARTS) is 1. The maximum Gasteiger partial charge on any atom is 0.319 e. The molecule has 1 aliphatic rings. The molecule has 0 spiro atoms. The van der Waals surface area contributed by atoms with Crippen molar-refractivity contribution >= 4 is 29.3 Å². The molecular formula is C28H30ClN3O6. The molecule has 10 heteroatoms. The van der Waals surface area contributed by atoms with Crippen molar-refractivity contribution < 1.29 is 24.5 Å². The Kier molecular flexibility index (Phi) is 8.58. The number of rotatable bonds is 10. The molecule has 0 unspecified atom stereocenters. The zero-order valence-corrected chi connectivity index (χ0v) is 21.8. The number of aliphatic carboxylic acids is 1. The fourth-order valence-corrected chi connectivity index (χ4v) is 4.84. The molecule has 9 nitrogen and oxygen atoms in total. The van der Waals surface area contributed by atoms with Gasteiger partial charge in [0.25, 0.3) is 5.56 Å². The van der Waals surface area contributed by atoms with Gasteiger partial charge in [0.1, 0.15) is 11.5 Å². The second-order valence-corrected chi connectivity index (χ2v) is 9.56. The highest BCUT2D eigenvalue weighted by Crippen LogP contribution is 2.34. The lowest BCUT2D eigenvalue weighted by Gasteiger charge is -2.21. The summed E-state index contributed by atoms with van der Waals surface area (Å²) in [5, 5.41) is 26.0. The van der Waals surface area contributed by atoms with Crippen LogP contribution < -0.4 is 20.9 Å². The van der Waals surface area contributed by atoms with Crippen molar-refractivity contribution in [2.24, 2.45) is 0 Å². The lowest BCUT2D eigenvalue weighted by Crippen LogP contribution is -2.37. The zero-order valence-electron chi connectivity index (χ0n) is 21.0. The standard InChI is InChI=1S/C28H30ClN3O6/c1-2-13-38-19-9-5-8-17(14-19)22(15-24(33)34)30-28(37)31-25-26(35)20-10-6-12-23(20)32(27(25)36)16-18-7-3-4-11-21(18)29/h3-5,7-9,11,14,22,35H,2,6,10,12-13,15-16H2,1H3,(H,33,34)(H2,30,31,37)/t22-/m0/s1. The van der Waals surface area contributed by atoms with Gasteiger partial charge in [-0.25, -0.2) is 4.79 Å². The van der Waals surface area contributed by atoms with Crippen LogP contribution in [0.15, 0.2) is 53.3 Å². The number of hydrogen-bond acceptors (Lipinski definition) is 5. The Morgan fingerprint density at radius 1 is 1.16 bits per heavy atom. The van der Waals surface area contributed by atoms with Crippen molar-refractivity contribution in [3.05, 3.63) is 86.3 Å². The van der Waals surface area contributed by atoms with E-state index in [0.717, 1.165) is 18.4 Å². The predicted octanol–water partition coefficient (Wildman–Crippen LogP) is 4.87. The Balaban J connectivity index is 1.62. The Morgan fingerprint density at radius 3 is 2.68 bits per heavy atom. The Morgan fingerprint density at radius 2 is 1.95 bits per heavy atom. The van der Waals surface area contributed by atoms with Gasteiger partial charge < -0.3 is 30.2 Å². The molecule has 0 bridgehead atoms. The number of hydrogen-bond donors (Lipinski definition) is 4. The highest BCUT2D eigenvalue weighted by atomic mass is 35.5. The maximum atomic E-state index is 13.5. The number of anilines is 1. The van der Waals surface area contributed by atoms with Gasteiger partial charge in [0.2, 0.25) is 0 Å². The van der Waals surface area contributed by atoms with E-state index in [1.54, 1.807) is 36.4 Å². The fourth-order valence-electron chi connectivity index (χ4n) is 4.64. The van der Waals surface area contributed by atoms with E-state index in [1.807, 2.05) is 19.1 Å². The average Bonchev–Trinajstić information content (AvgIpc) is 3.38. The summed E-state index contributed by atoms with van der Waals surface area (Å²) in [4.78, 5) is 38.1. The molecule has 4 rings (SSSR count). The van der Waals surface area contributed by atoms with E-state index in [-0.39, 0.29) is 18.0 Å². The number of carbonyl (C=O) groups excluding carboxylic acids is 1. The third-order valence-electron chi connectivity index (χ3n) is 6.44. The van der Waals surface area contributed by atoms with E-state index >= 15 is 0 Å². The molecule has 4 N–H and O–H groups in total. The summed E-state index contributed by atoms with van der Waals surface area (Å²) in [5.74, 6) is -0.823. The van der Waals surface area contributed by atoms with Crippen LogP contribution in [0.25, 0.3) is 0 Å². The lowest BCUT2D eigenvalue weighted by molar-refractivity contribution is -0.137. The molecule has 0 radical (unpaired) electrons. The predicted molar refractivity (Wildman–Crippen MR) is 144 cm³/mol. The first-order valence-electron chi connectivity index (χ1n) is 12.5. The molecule has 0 saturated carbocycles. The van der Waals surface area contributed by atoms with Crippen LogP contribution in [-0.2, 0) is 24.2 Å². The molecule has 0 saturated heterocycles. The van der Waals surface area contributed by atoms with Gasteiger partial charge in [-0.05, 0) is 55.0 Å². The molecule has 0 aliphatic heterocycles. The monoisotopic (exact) mass is 539 g/mol. The molecule has 2 amide bonds. The van der Waals surface area contributed by atoms with E-state index in [4.69, 9.17) is 16.3 Å². The van der Waals surface area contributed by atoms with Crippen molar-refractivity contribution in [1.29, 1.82) is 0 Å². The van der Waals surface area contributed by atoms with Crippen molar-refractivity contribution in [2.75, 3.05) is 11.9 Å². The summed E-state index contributed by atoms with van der Waals surface area (Å²) in [7, 11) is 0. The Bertz CT molecular complexity index is 1400. The van der Waals surface area contributed by atoms with Crippen LogP contribution in [0, 0.1) is 0 Å². The number of nitrogens with zero attached hydrogens (tertiary/aromatic N) is 1. The third kappa shape index (κ3) is 6.11. The first-order chi connectivity index (χ1) is 18.3. The van der Waals surface area contributed by atoms with Crippen molar-refractivity contribution in [1.82, 2.24) is 9.88 Å². The van der Waals surface area contributed by atoms with Gasteiger partial charge in [0.05, 0.1) is 25.6 Å². The molecule has 2 aromatic carbocycles. The number of amides is 2. The molecule has 3 aromatic rings. The molecule has 38 heavy (non-hydrogen) atoms.